The monoisotopic (exact) mass is 198 g/mol. The van der Waals surface area contributed by atoms with Crippen molar-refractivity contribution < 1.29 is 24.8 Å². The maximum Gasteiger partial charge on any atom is 0.0184 e. The molecule has 0 nitrogen and oxygen atoms in total. The molecule has 0 aromatic heterocycles. The molecule has 0 spiro atoms. The third-order valence-electron chi connectivity index (χ3n) is 0. The summed E-state index contributed by atoms with van der Waals surface area (Å²) in [4.78, 5) is 0. The number of halogens is 3. The van der Waals surface area contributed by atoms with Crippen LogP contribution in [0.25, 0.3) is 0 Å². The molecular weight excluding hydrogens is 200 g/mol. The molecule has 0 bridgehead atoms. The van der Waals surface area contributed by atoms with Gasteiger partial charge < -0.3 is 24.8 Å². The molecule has 34 valence electrons. The summed E-state index contributed by atoms with van der Waals surface area (Å²) in [6.07, 6.45) is 5.72. The number of rotatable bonds is 0. The van der Waals surface area contributed by atoms with Crippen LogP contribution in [0.15, 0.2) is 0 Å². The van der Waals surface area contributed by atoms with E-state index in [1.807, 2.05) is 0 Å². The van der Waals surface area contributed by atoms with E-state index < -0.39 is 0 Å². The fraction of sp³-hybridized carbons (Fsp3) is 0. The normalized spacial score (nSPS) is 1.33. The van der Waals surface area contributed by atoms with Crippen LogP contribution in [-0.4, -0.2) is 19.8 Å². The van der Waals surface area contributed by atoms with Crippen molar-refractivity contribution in [2.45, 2.75) is 0 Å². The van der Waals surface area contributed by atoms with Crippen LogP contribution in [0.5, 0.6) is 0 Å². The average molecular weight is 200 g/mol. The standard InChI is InChI=1S/C2Cl.2ClH.Ga/c1-2-3;;;/h;2*1H;/p-2. The molecule has 4 radical (unpaired) electrons. The molecule has 0 fully saturated rings. The molecule has 0 atom stereocenters. The van der Waals surface area contributed by atoms with Crippen LogP contribution >= 0.6 is 11.6 Å². The van der Waals surface area contributed by atoms with Gasteiger partial charge in [0.25, 0.3) is 0 Å². The van der Waals surface area contributed by atoms with Gasteiger partial charge in [-0.2, -0.15) is 0 Å². The summed E-state index contributed by atoms with van der Waals surface area (Å²) >= 11 is 4.42. The van der Waals surface area contributed by atoms with Gasteiger partial charge in [-0.05, 0) is 11.6 Å². The first-order chi connectivity index (χ1) is 1.41. The summed E-state index contributed by atoms with van der Waals surface area (Å²) < 4.78 is 0. The maximum atomic E-state index is 5.72. The van der Waals surface area contributed by atoms with Gasteiger partial charge in [0.1, 0.15) is 0 Å². The Balaban J connectivity index is -0.00000000667. The first-order valence-electron chi connectivity index (χ1n) is 0.439. The SMILES string of the molecule is [C]#CCl.[Cl-].[Cl-].[Ga]. The van der Waals surface area contributed by atoms with Crippen LogP contribution < -0.4 is 24.8 Å². The van der Waals surface area contributed by atoms with Crippen molar-refractivity contribution in [2.75, 3.05) is 0 Å². The fourth-order valence-corrected chi connectivity index (χ4v) is 0. The first-order valence-corrected chi connectivity index (χ1v) is 0.817. The van der Waals surface area contributed by atoms with E-state index in [0.717, 1.165) is 0 Å². The number of hydrogen-bond donors (Lipinski definition) is 0. The smallest absolute Gasteiger partial charge is 0.0184 e. The van der Waals surface area contributed by atoms with Gasteiger partial charge in [-0.25, -0.2) is 0 Å². The van der Waals surface area contributed by atoms with Crippen molar-refractivity contribution in [1.82, 2.24) is 0 Å². The van der Waals surface area contributed by atoms with E-state index in [2.05, 4.69) is 11.6 Å². The summed E-state index contributed by atoms with van der Waals surface area (Å²) in [6.45, 7) is 0. The topological polar surface area (TPSA) is 0 Å². The van der Waals surface area contributed by atoms with Gasteiger partial charge >= 0.3 is 0 Å². The van der Waals surface area contributed by atoms with Gasteiger partial charge in [0.05, 0.1) is 0 Å². The second kappa shape index (κ2) is 36.5. The quantitative estimate of drug-likeness (QED) is 0.270. The van der Waals surface area contributed by atoms with Gasteiger partial charge in [-0.3, -0.25) is 0 Å². The van der Waals surface area contributed by atoms with Crippen molar-refractivity contribution in [2.24, 2.45) is 0 Å². The summed E-state index contributed by atoms with van der Waals surface area (Å²) in [5, 5.41) is 1.47. The third kappa shape index (κ3) is 73.7. The molecule has 0 aliphatic rings. The van der Waals surface area contributed by atoms with Crippen molar-refractivity contribution >= 4 is 31.4 Å². The van der Waals surface area contributed by atoms with E-state index in [1.165, 1.54) is 5.38 Å². The van der Waals surface area contributed by atoms with Gasteiger partial charge in [0.2, 0.25) is 0 Å². The van der Waals surface area contributed by atoms with Crippen LogP contribution in [0.3, 0.4) is 0 Å². The van der Waals surface area contributed by atoms with E-state index in [1.54, 1.807) is 0 Å². The van der Waals surface area contributed by atoms with E-state index >= 15 is 0 Å². The van der Waals surface area contributed by atoms with Gasteiger partial charge in [0, 0.05) is 31.6 Å². The Morgan fingerprint density at radius 2 is 1.33 bits per heavy atom. The number of hydrogen-bond acceptors (Lipinski definition) is 0. The molecule has 0 saturated heterocycles. The minimum atomic E-state index is 0. The first kappa shape index (κ1) is 27.7. The van der Waals surface area contributed by atoms with Crippen LogP contribution in [-0.2, 0) is 0 Å². The van der Waals surface area contributed by atoms with Crippen molar-refractivity contribution in [1.29, 1.82) is 0 Å². The molecule has 0 amide bonds. The van der Waals surface area contributed by atoms with E-state index in [0.29, 0.717) is 0 Å². The van der Waals surface area contributed by atoms with Crippen LogP contribution in [0.2, 0.25) is 0 Å². The molecule has 0 aliphatic heterocycles. The van der Waals surface area contributed by atoms with E-state index in [9.17, 15) is 0 Å². The molecule has 0 saturated carbocycles. The molecule has 0 aromatic carbocycles. The molecular formula is C2Cl3Ga-2. The van der Waals surface area contributed by atoms with Crippen molar-refractivity contribution in [3.63, 3.8) is 0 Å². The van der Waals surface area contributed by atoms with Crippen LogP contribution in [0.1, 0.15) is 0 Å². The Morgan fingerprint density at radius 1 is 1.33 bits per heavy atom. The molecule has 0 unspecified atom stereocenters. The minimum absolute atomic E-state index is 0. The zero-order valence-corrected chi connectivity index (χ0v) is 7.40. The van der Waals surface area contributed by atoms with E-state index in [4.69, 9.17) is 6.42 Å². The summed E-state index contributed by atoms with van der Waals surface area (Å²) in [5.41, 5.74) is 0. The molecule has 0 N–H and O–H groups in total. The zero-order valence-electron chi connectivity index (χ0n) is 2.71. The van der Waals surface area contributed by atoms with Crippen molar-refractivity contribution in [3.8, 4) is 5.38 Å². The van der Waals surface area contributed by atoms with Gasteiger partial charge in [0.15, 0.2) is 0 Å². The van der Waals surface area contributed by atoms with Crippen LogP contribution in [0, 0.1) is 11.8 Å². The molecule has 0 rings (SSSR count). The summed E-state index contributed by atoms with van der Waals surface area (Å²) in [6, 6.07) is 0. The molecule has 0 aliphatic carbocycles. The summed E-state index contributed by atoms with van der Waals surface area (Å²) in [7, 11) is 0. The zero-order chi connectivity index (χ0) is 2.71. The Hall–Kier alpha value is 1.07. The van der Waals surface area contributed by atoms with E-state index in [-0.39, 0.29) is 44.6 Å². The fourth-order valence-electron chi connectivity index (χ4n) is 0. The Morgan fingerprint density at radius 3 is 1.33 bits per heavy atom. The summed E-state index contributed by atoms with van der Waals surface area (Å²) in [5.74, 6) is 0. The predicted molar refractivity (Wildman–Crippen MR) is 18.7 cm³/mol. The van der Waals surface area contributed by atoms with Gasteiger partial charge in [-0.1, -0.05) is 0 Å². The molecule has 0 heterocycles. The molecule has 0 aromatic rings. The molecule has 4 heteroatoms. The van der Waals surface area contributed by atoms with Gasteiger partial charge in [-0.15, -0.1) is 0 Å². The maximum absolute atomic E-state index is 5.72. The Labute approximate surface area is 67.9 Å². The Kier molecular flexibility index (Phi) is 168. The second-order valence-electron chi connectivity index (χ2n) is 0.0945. The predicted octanol–water partition coefficient (Wildman–Crippen LogP) is -5.60. The second-order valence-corrected chi connectivity index (χ2v) is 0.283. The Bertz CT molecular complexity index is 30.3. The largest absolute Gasteiger partial charge is 1.00 e. The molecule has 6 heavy (non-hydrogen) atoms. The third-order valence-corrected chi connectivity index (χ3v) is 0. The average Bonchev–Trinajstić information content (AvgIpc) is 0.918. The minimum Gasteiger partial charge on any atom is -1.00 e. The van der Waals surface area contributed by atoms with Crippen LogP contribution in [0.4, 0.5) is 0 Å². The van der Waals surface area contributed by atoms with Crippen molar-refractivity contribution in [3.05, 3.63) is 6.42 Å².